The van der Waals surface area contributed by atoms with Crippen molar-refractivity contribution in [2.24, 2.45) is 0 Å². The van der Waals surface area contributed by atoms with Gasteiger partial charge >= 0.3 is 0 Å². The molecule has 0 aliphatic rings. The van der Waals surface area contributed by atoms with Crippen molar-refractivity contribution >= 4 is 39.3 Å². The van der Waals surface area contributed by atoms with E-state index in [-0.39, 0.29) is 11.7 Å². The maximum Gasteiger partial charge on any atom is 0.256 e. The number of oxazole rings is 1. The summed E-state index contributed by atoms with van der Waals surface area (Å²) >= 11 is 4.69. The maximum atomic E-state index is 11.9. The number of rotatable bonds is 5. The van der Waals surface area contributed by atoms with Crippen molar-refractivity contribution in [1.82, 2.24) is 4.98 Å². The molecule has 1 heterocycles. The van der Waals surface area contributed by atoms with Crippen LogP contribution in [0.5, 0.6) is 0 Å². The molecular formula is C17H13BrN2O2S. The Morgan fingerprint density at radius 1 is 1.17 bits per heavy atom. The highest BCUT2D eigenvalue weighted by atomic mass is 79.9. The van der Waals surface area contributed by atoms with E-state index in [1.807, 2.05) is 54.6 Å². The van der Waals surface area contributed by atoms with Gasteiger partial charge in [-0.05, 0) is 24.3 Å². The fourth-order valence-electron chi connectivity index (χ4n) is 1.95. The van der Waals surface area contributed by atoms with Gasteiger partial charge in [0.25, 0.3) is 5.22 Å². The number of para-hydroxylation sites is 1. The van der Waals surface area contributed by atoms with Crippen LogP contribution in [0.2, 0.25) is 0 Å². The molecule has 6 heteroatoms. The standard InChI is InChI=1S/C17H13BrN2O2S/c18-13-6-4-5-12(9-13)15-10-19-17(22-15)23-11-16(21)20-14-7-2-1-3-8-14/h1-10H,11H2,(H,20,21). The molecule has 0 saturated heterocycles. The molecule has 23 heavy (non-hydrogen) atoms. The van der Waals surface area contributed by atoms with Gasteiger partial charge in [-0.2, -0.15) is 0 Å². The van der Waals surface area contributed by atoms with Gasteiger partial charge in [-0.1, -0.05) is 58.0 Å². The molecule has 0 unspecified atom stereocenters. The maximum absolute atomic E-state index is 11.9. The van der Waals surface area contributed by atoms with Crippen LogP contribution in [0, 0.1) is 0 Å². The van der Waals surface area contributed by atoms with Crippen molar-refractivity contribution in [3.63, 3.8) is 0 Å². The highest BCUT2D eigenvalue weighted by Crippen LogP contribution is 2.27. The second-order valence-corrected chi connectivity index (χ2v) is 6.55. The summed E-state index contributed by atoms with van der Waals surface area (Å²) in [4.78, 5) is 16.1. The van der Waals surface area contributed by atoms with E-state index in [2.05, 4.69) is 26.2 Å². The van der Waals surface area contributed by atoms with Gasteiger partial charge < -0.3 is 9.73 Å². The lowest BCUT2D eigenvalue weighted by molar-refractivity contribution is -0.113. The van der Waals surface area contributed by atoms with Crippen molar-refractivity contribution in [2.75, 3.05) is 11.1 Å². The molecule has 0 bridgehead atoms. The molecule has 3 aromatic rings. The summed E-state index contributed by atoms with van der Waals surface area (Å²) in [6, 6.07) is 17.1. The molecule has 1 aromatic heterocycles. The normalized spacial score (nSPS) is 10.5. The third-order valence-electron chi connectivity index (χ3n) is 2.98. The topological polar surface area (TPSA) is 55.1 Å². The quantitative estimate of drug-likeness (QED) is 0.635. The number of nitrogens with zero attached hydrogens (tertiary/aromatic N) is 1. The molecular weight excluding hydrogens is 376 g/mol. The summed E-state index contributed by atoms with van der Waals surface area (Å²) in [7, 11) is 0. The van der Waals surface area contributed by atoms with E-state index in [9.17, 15) is 4.79 Å². The summed E-state index contributed by atoms with van der Waals surface area (Å²) < 4.78 is 6.65. The lowest BCUT2D eigenvalue weighted by Crippen LogP contribution is -2.13. The van der Waals surface area contributed by atoms with Crippen LogP contribution in [-0.2, 0) is 4.79 Å². The molecule has 3 rings (SSSR count). The van der Waals surface area contributed by atoms with Gasteiger partial charge in [-0.25, -0.2) is 4.98 Å². The number of carbonyl (C=O) groups excluding carboxylic acids is 1. The minimum absolute atomic E-state index is 0.0941. The number of anilines is 1. The molecule has 0 fully saturated rings. The molecule has 4 nitrogen and oxygen atoms in total. The zero-order chi connectivity index (χ0) is 16.1. The molecule has 2 aromatic carbocycles. The minimum Gasteiger partial charge on any atom is -0.431 e. The fraction of sp³-hybridized carbons (Fsp3) is 0.0588. The Balaban J connectivity index is 1.58. The van der Waals surface area contributed by atoms with Crippen LogP contribution >= 0.6 is 27.7 Å². The van der Waals surface area contributed by atoms with Crippen LogP contribution in [0.15, 0.2) is 74.9 Å². The van der Waals surface area contributed by atoms with Crippen LogP contribution in [0.3, 0.4) is 0 Å². The Hall–Kier alpha value is -2.05. The highest BCUT2D eigenvalue weighted by Gasteiger charge is 2.10. The van der Waals surface area contributed by atoms with Crippen molar-refractivity contribution in [1.29, 1.82) is 0 Å². The second kappa shape index (κ2) is 7.48. The number of amides is 1. The summed E-state index contributed by atoms with van der Waals surface area (Å²) in [5, 5.41) is 3.30. The summed E-state index contributed by atoms with van der Waals surface area (Å²) in [6.45, 7) is 0. The monoisotopic (exact) mass is 388 g/mol. The van der Waals surface area contributed by atoms with E-state index >= 15 is 0 Å². The van der Waals surface area contributed by atoms with Gasteiger partial charge in [0.2, 0.25) is 5.91 Å². The summed E-state index contributed by atoms with van der Waals surface area (Å²) in [5.41, 5.74) is 1.72. The van der Waals surface area contributed by atoms with Crippen LogP contribution < -0.4 is 5.32 Å². The Morgan fingerprint density at radius 3 is 2.78 bits per heavy atom. The van der Waals surface area contributed by atoms with E-state index in [1.165, 1.54) is 11.8 Å². The van der Waals surface area contributed by atoms with E-state index in [0.29, 0.717) is 11.0 Å². The predicted octanol–water partition coefficient (Wildman–Crippen LogP) is 4.83. The molecule has 116 valence electrons. The average molecular weight is 389 g/mol. The van der Waals surface area contributed by atoms with E-state index in [4.69, 9.17) is 4.42 Å². The number of hydrogen-bond acceptors (Lipinski definition) is 4. The Kier molecular flexibility index (Phi) is 5.15. The summed E-state index contributed by atoms with van der Waals surface area (Å²) in [5.74, 6) is 0.827. The SMILES string of the molecule is O=C(CSc1ncc(-c2cccc(Br)c2)o1)Nc1ccccc1. The first-order chi connectivity index (χ1) is 11.2. The highest BCUT2D eigenvalue weighted by molar-refractivity contribution is 9.10. The van der Waals surface area contributed by atoms with Gasteiger partial charge in [-0.3, -0.25) is 4.79 Å². The Bertz CT molecular complexity index is 805. The molecule has 1 N–H and O–H groups in total. The first-order valence-electron chi connectivity index (χ1n) is 6.90. The molecule has 0 radical (unpaired) electrons. The molecule has 0 spiro atoms. The van der Waals surface area contributed by atoms with Crippen LogP contribution in [0.25, 0.3) is 11.3 Å². The van der Waals surface area contributed by atoms with Crippen molar-refractivity contribution in [2.45, 2.75) is 5.22 Å². The zero-order valence-electron chi connectivity index (χ0n) is 12.0. The lowest BCUT2D eigenvalue weighted by atomic mass is 10.2. The number of carbonyl (C=O) groups is 1. The molecule has 0 atom stereocenters. The first kappa shape index (κ1) is 15.8. The van der Waals surface area contributed by atoms with Crippen molar-refractivity contribution < 1.29 is 9.21 Å². The number of thioether (sulfide) groups is 1. The first-order valence-corrected chi connectivity index (χ1v) is 8.68. The van der Waals surface area contributed by atoms with Gasteiger partial charge in [0.15, 0.2) is 5.76 Å². The zero-order valence-corrected chi connectivity index (χ0v) is 14.4. The van der Waals surface area contributed by atoms with Crippen LogP contribution in [-0.4, -0.2) is 16.6 Å². The molecule has 0 aliphatic carbocycles. The Labute approximate surface area is 146 Å². The largest absolute Gasteiger partial charge is 0.431 e. The minimum atomic E-state index is -0.0941. The van der Waals surface area contributed by atoms with E-state index in [0.717, 1.165) is 15.7 Å². The lowest BCUT2D eigenvalue weighted by Gasteiger charge is -2.03. The third-order valence-corrected chi connectivity index (χ3v) is 4.31. The van der Waals surface area contributed by atoms with Crippen LogP contribution in [0.1, 0.15) is 0 Å². The van der Waals surface area contributed by atoms with Gasteiger partial charge in [0.05, 0.1) is 11.9 Å². The van der Waals surface area contributed by atoms with E-state index in [1.54, 1.807) is 6.20 Å². The fourth-order valence-corrected chi connectivity index (χ4v) is 2.95. The van der Waals surface area contributed by atoms with Gasteiger partial charge in [-0.15, -0.1) is 0 Å². The second-order valence-electron chi connectivity index (χ2n) is 4.70. The average Bonchev–Trinajstić information content (AvgIpc) is 3.03. The number of nitrogens with one attached hydrogen (secondary N) is 1. The van der Waals surface area contributed by atoms with Gasteiger partial charge in [0.1, 0.15) is 0 Å². The predicted molar refractivity (Wildman–Crippen MR) is 95.4 cm³/mol. The van der Waals surface area contributed by atoms with Crippen LogP contribution in [0.4, 0.5) is 5.69 Å². The molecule has 0 saturated carbocycles. The number of aromatic nitrogens is 1. The van der Waals surface area contributed by atoms with Gasteiger partial charge in [0, 0.05) is 15.7 Å². The molecule has 1 amide bonds. The molecule has 0 aliphatic heterocycles. The number of hydrogen-bond donors (Lipinski definition) is 1. The third kappa shape index (κ3) is 4.46. The number of halogens is 1. The van der Waals surface area contributed by atoms with Crippen molar-refractivity contribution in [3.8, 4) is 11.3 Å². The van der Waals surface area contributed by atoms with Crippen molar-refractivity contribution in [3.05, 3.63) is 65.3 Å². The smallest absolute Gasteiger partial charge is 0.256 e. The Morgan fingerprint density at radius 2 is 2.00 bits per heavy atom. The summed E-state index contributed by atoms with van der Waals surface area (Å²) in [6.07, 6.45) is 1.67. The number of benzene rings is 2. The van der Waals surface area contributed by atoms with E-state index < -0.39 is 0 Å².